The van der Waals surface area contributed by atoms with Crippen LogP contribution in [-0.2, 0) is 23.0 Å². The Morgan fingerprint density at radius 2 is 2.08 bits per heavy atom. The summed E-state index contributed by atoms with van der Waals surface area (Å²) in [7, 11) is 3.59. The Kier molecular flexibility index (Phi) is 8.04. The molecule has 8 heteroatoms. The minimum absolute atomic E-state index is 0.0432. The maximum Gasteiger partial charge on any atom is 0.262 e. The lowest BCUT2D eigenvalue weighted by atomic mass is 9.89. The Labute approximate surface area is 240 Å². The van der Waals surface area contributed by atoms with E-state index in [2.05, 4.69) is 40.6 Å². The number of morpholine rings is 1. The topological polar surface area (TPSA) is 65.8 Å². The van der Waals surface area contributed by atoms with E-state index in [-0.39, 0.29) is 12.5 Å². The number of hydrogen-bond donors (Lipinski definition) is 0. The standard InChI is InChI=1S/C32H37N3O4S/c1-21-25-15-26(27-17-33-34(5)22(27)2)29(37-6)16-30(25)39-18-28(21)24(10-8-7-9-23-11-14-40-19-23)31(36)35-12-13-38-20-32(35,3)4/h8,11,14-17,19H,7,9,12-13,18,20H2,1-6H3. The Balaban J connectivity index is 1.59. The minimum Gasteiger partial charge on any atom is -0.496 e. The van der Waals surface area contributed by atoms with Crippen molar-refractivity contribution in [2.24, 2.45) is 7.05 Å². The molecular weight excluding hydrogens is 522 g/mol. The highest BCUT2D eigenvalue weighted by Crippen LogP contribution is 2.43. The predicted octanol–water partition coefficient (Wildman–Crippen LogP) is 5.98. The van der Waals surface area contributed by atoms with Crippen molar-refractivity contribution in [3.8, 4) is 22.6 Å². The van der Waals surface area contributed by atoms with Crippen molar-refractivity contribution >= 4 is 22.8 Å². The largest absolute Gasteiger partial charge is 0.496 e. The van der Waals surface area contributed by atoms with E-state index in [1.165, 1.54) is 5.56 Å². The number of fused-ring (bicyclic) bond motifs is 1. The highest BCUT2D eigenvalue weighted by Gasteiger charge is 2.37. The molecule has 0 atom stereocenters. The number of carbonyl (C=O) groups excluding carboxylic acids is 1. The number of thiophene rings is 1. The first kappa shape index (κ1) is 28.0. The molecule has 210 valence electrons. The zero-order valence-electron chi connectivity index (χ0n) is 24.2. The first-order chi connectivity index (χ1) is 19.2. The molecule has 0 bridgehead atoms. The smallest absolute Gasteiger partial charge is 0.262 e. The molecule has 0 spiro atoms. The summed E-state index contributed by atoms with van der Waals surface area (Å²) in [5, 5.41) is 8.68. The maximum absolute atomic E-state index is 14.2. The number of allylic oxidation sites excluding steroid dienone is 1. The van der Waals surface area contributed by atoms with Crippen LogP contribution in [0.25, 0.3) is 16.7 Å². The van der Waals surface area contributed by atoms with Crippen LogP contribution in [0.15, 0.2) is 58.1 Å². The molecule has 7 nitrogen and oxygen atoms in total. The Bertz CT molecular complexity index is 1510. The van der Waals surface area contributed by atoms with Gasteiger partial charge in [-0.1, -0.05) is 0 Å². The van der Waals surface area contributed by atoms with Gasteiger partial charge in [-0.2, -0.15) is 16.4 Å². The Morgan fingerprint density at radius 1 is 1.25 bits per heavy atom. The first-order valence-corrected chi connectivity index (χ1v) is 14.6. The average molecular weight is 560 g/mol. The number of hydrogen-bond acceptors (Lipinski definition) is 6. The van der Waals surface area contributed by atoms with Gasteiger partial charge in [0.2, 0.25) is 0 Å². The van der Waals surface area contributed by atoms with Crippen molar-refractivity contribution in [1.82, 2.24) is 14.7 Å². The van der Waals surface area contributed by atoms with E-state index in [1.54, 1.807) is 18.4 Å². The van der Waals surface area contributed by atoms with Gasteiger partial charge in [-0.3, -0.25) is 9.48 Å². The molecule has 2 aliphatic heterocycles. The Hall–Kier alpha value is -3.58. The van der Waals surface area contributed by atoms with Crippen LogP contribution >= 0.6 is 11.3 Å². The van der Waals surface area contributed by atoms with E-state index in [0.717, 1.165) is 57.9 Å². The van der Waals surface area contributed by atoms with Crippen LogP contribution in [0, 0.1) is 6.92 Å². The van der Waals surface area contributed by atoms with Crippen LogP contribution in [-0.4, -0.2) is 59.6 Å². The highest BCUT2D eigenvalue weighted by atomic mass is 32.1. The summed E-state index contributed by atoms with van der Waals surface area (Å²) in [6.45, 7) is 10.0. The molecule has 0 aliphatic carbocycles. The van der Waals surface area contributed by atoms with Gasteiger partial charge < -0.3 is 19.1 Å². The predicted molar refractivity (Wildman–Crippen MR) is 159 cm³/mol. The summed E-state index contributed by atoms with van der Waals surface area (Å²) in [4.78, 5) is 16.1. The van der Waals surface area contributed by atoms with Crippen LogP contribution in [0.2, 0.25) is 0 Å². The maximum atomic E-state index is 14.2. The molecule has 4 heterocycles. The van der Waals surface area contributed by atoms with Crippen molar-refractivity contribution in [1.29, 1.82) is 0 Å². The van der Waals surface area contributed by atoms with Crippen molar-refractivity contribution in [3.63, 3.8) is 0 Å². The monoisotopic (exact) mass is 559 g/mol. The number of carbonyl (C=O) groups is 1. The molecule has 0 unspecified atom stereocenters. The lowest BCUT2D eigenvalue weighted by Gasteiger charge is -2.42. The van der Waals surface area contributed by atoms with Crippen LogP contribution in [0.5, 0.6) is 11.5 Å². The van der Waals surface area contributed by atoms with E-state index in [9.17, 15) is 4.79 Å². The van der Waals surface area contributed by atoms with E-state index in [1.807, 2.05) is 55.7 Å². The number of nitrogens with zero attached hydrogens (tertiary/aromatic N) is 3. The minimum atomic E-state index is -0.417. The van der Waals surface area contributed by atoms with Gasteiger partial charge in [-0.15, -0.1) is 5.73 Å². The molecule has 1 fully saturated rings. The number of rotatable bonds is 7. The number of aryl methyl sites for hydroxylation is 2. The third-order valence-corrected chi connectivity index (χ3v) is 8.60. The molecule has 1 saturated heterocycles. The summed E-state index contributed by atoms with van der Waals surface area (Å²) < 4.78 is 19.6. The molecule has 2 aromatic heterocycles. The van der Waals surface area contributed by atoms with E-state index in [0.29, 0.717) is 25.3 Å². The lowest BCUT2D eigenvalue weighted by molar-refractivity contribution is -0.141. The molecular formula is C32H37N3O4S. The molecule has 0 N–H and O–H groups in total. The molecule has 40 heavy (non-hydrogen) atoms. The second-order valence-electron chi connectivity index (χ2n) is 10.9. The summed E-state index contributed by atoms with van der Waals surface area (Å²) in [5.74, 6) is 1.42. The SMILES string of the molecule is COc1cc2c(cc1-c1cnn(C)c1C)C(C)=C(C(=C=CCCc1ccsc1)C(=O)N1CCOCC1(C)C)CO2. The van der Waals surface area contributed by atoms with Crippen LogP contribution in [0.1, 0.15) is 44.0 Å². The third kappa shape index (κ3) is 5.39. The summed E-state index contributed by atoms with van der Waals surface area (Å²) >= 11 is 1.70. The fourth-order valence-corrected chi connectivity index (χ4v) is 6.00. The van der Waals surface area contributed by atoms with Crippen LogP contribution in [0.4, 0.5) is 0 Å². The zero-order chi connectivity index (χ0) is 28.4. The van der Waals surface area contributed by atoms with Crippen LogP contribution in [0.3, 0.4) is 0 Å². The number of amides is 1. The van der Waals surface area contributed by atoms with Crippen molar-refractivity contribution in [2.45, 2.75) is 46.1 Å². The van der Waals surface area contributed by atoms with Gasteiger partial charge in [0, 0.05) is 47.6 Å². The van der Waals surface area contributed by atoms with Gasteiger partial charge in [0.1, 0.15) is 18.1 Å². The van der Waals surface area contributed by atoms with Gasteiger partial charge in [0.25, 0.3) is 5.91 Å². The zero-order valence-corrected chi connectivity index (χ0v) is 25.0. The fraction of sp³-hybridized carbons (Fsp3) is 0.406. The molecule has 0 radical (unpaired) electrons. The Morgan fingerprint density at radius 3 is 2.75 bits per heavy atom. The van der Waals surface area contributed by atoms with Crippen LogP contribution < -0.4 is 9.47 Å². The lowest BCUT2D eigenvalue weighted by Crippen LogP contribution is -2.56. The van der Waals surface area contributed by atoms with Crippen molar-refractivity contribution in [3.05, 3.63) is 74.9 Å². The number of aromatic nitrogens is 2. The van der Waals surface area contributed by atoms with E-state index >= 15 is 0 Å². The van der Waals surface area contributed by atoms with Gasteiger partial charge >= 0.3 is 0 Å². The molecule has 3 aromatic rings. The quantitative estimate of drug-likeness (QED) is 0.263. The number of methoxy groups -OCH3 is 1. The van der Waals surface area contributed by atoms with Gasteiger partial charge in [-0.25, -0.2) is 0 Å². The fourth-order valence-electron chi connectivity index (χ4n) is 5.29. The normalized spacial score (nSPS) is 16.2. The van der Waals surface area contributed by atoms with E-state index in [4.69, 9.17) is 14.2 Å². The van der Waals surface area contributed by atoms with Crippen molar-refractivity contribution in [2.75, 3.05) is 33.5 Å². The number of benzene rings is 1. The van der Waals surface area contributed by atoms with Gasteiger partial charge in [-0.05, 0) is 80.6 Å². The van der Waals surface area contributed by atoms with E-state index < -0.39 is 5.54 Å². The molecule has 0 saturated carbocycles. The molecule has 1 aromatic carbocycles. The van der Waals surface area contributed by atoms with Gasteiger partial charge in [0.15, 0.2) is 0 Å². The molecule has 2 aliphatic rings. The second-order valence-corrected chi connectivity index (χ2v) is 11.7. The number of ether oxygens (including phenoxy) is 3. The van der Waals surface area contributed by atoms with Gasteiger partial charge in [0.05, 0.1) is 37.6 Å². The second kappa shape index (κ2) is 11.5. The van der Waals surface area contributed by atoms with Crippen molar-refractivity contribution < 1.29 is 19.0 Å². The summed E-state index contributed by atoms with van der Waals surface area (Å²) in [5.41, 5.74) is 10.6. The summed E-state index contributed by atoms with van der Waals surface area (Å²) in [6, 6.07) is 6.16. The first-order valence-electron chi connectivity index (χ1n) is 13.6. The molecule has 1 amide bonds. The molecule has 5 rings (SSSR count). The summed E-state index contributed by atoms with van der Waals surface area (Å²) in [6.07, 6.45) is 5.55. The third-order valence-electron chi connectivity index (χ3n) is 7.87. The average Bonchev–Trinajstić information content (AvgIpc) is 3.58. The highest BCUT2D eigenvalue weighted by molar-refractivity contribution is 7.07.